The number of ether oxygens (including phenoxy) is 2. The summed E-state index contributed by atoms with van der Waals surface area (Å²) < 4.78 is 36.3. The molecular weight excluding hydrogens is 302 g/mol. The smallest absolute Gasteiger partial charge is 0.336 e. The van der Waals surface area contributed by atoms with Crippen LogP contribution in [0.25, 0.3) is 0 Å². The first-order chi connectivity index (χ1) is 9.64. The van der Waals surface area contributed by atoms with Gasteiger partial charge in [-0.25, -0.2) is 17.9 Å². The molecule has 1 rings (SSSR count). The largest absolute Gasteiger partial charge is 0.497 e. The van der Waals surface area contributed by atoms with Gasteiger partial charge >= 0.3 is 5.97 Å². The molecule has 0 fully saturated rings. The fraction of sp³-hybridized carbons (Fsp3) is 0.417. The van der Waals surface area contributed by atoms with Gasteiger partial charge in [0.05, 0.1) is 20.8 Å². The van der Waals surface area contributed by atoms with Gasteiger partial charge < -0.3 is 19.7 Å². The summed E-state index contributed by atoms with van der Waals surface area (Å²) in [6, 6.07) is 4.06. The molecule has 8 nitrogen and oxygen atoms in total. The Bertz CT molecular complexity index is 624. The second kappa shape index (κ2) is 6.29. The fourth-order valence-electron chi connectivity index (χ4n) is 1.39. The molecule has 1 atom stereocenters. The average molecular weight is 319 g/mol. The predicted octanol–water partition coefficient (Wildman–Crippen LogP) is -0.182. The number of carboxylic acids is 1. The molecule has 0 spiro atoms. The van der Waals surface area contributed by atoms with Crippen molar-refractivity contribution in [2.24, 2.45) is 0 Å². The van der Waals surface area contributed by atoms with Crippen LogP contribution in [0, 0.1) is 0 Å². The van der Waals surface area contributed by atoms with Crippen molar-refractivity contribution < 1.29 is 32.9 Å². The Morgan fingerprint density at radius 2 is 1.95 bits per heavy atom. The molecule has 21 heavy (non-hydrogen) atoms. The van der Waals surface area contributed by atoms with Crippen LogP contribution in [-0.4, -0.2) is 51.0 Å². The molecule has 0 saturated carbocycles. The highest BCUT2D eigenvalue weighted by Crippen LogP contribution is 2.28. The quantitative estimate of drug-likeness (QED) is 0.637. The van der Waals surface area contributed by atoms with Gasteiger partial charge in [0.15, 0.2) is 5.60 Å². The molecule has 0 radical (unpaired) electrons. The average Bonchev–Trinajstić information content (AvgIpc) is 2.44. The van der Waals surface area contributed by atoms with Gasteiger partial charge in [-0.05, 0) is 19.1 Å². The maximum absolute atomic E-state index is 12.1. The van der Waals surface area contributed by atoms with Crippen LogP contribution >= 0.6 is 0 Å². The lowest BCUT2D eigenvalue weighted by molar-refractivity contribution is -0.155. The summed E-state index contributed by atoms with van der Waals surface area (Å²) in [5, 5.41) is 18.3. The Morgan fingerprint density at radius 1 is 1.33 bits per heavy atom. The molecule has 118 valence electrons. The molecule has 0 aliphatic rings. The molecular formula is C12H17NO7S. The number of hydrogen-bond donors (Lipinski definition) is 3. The number of methoxy groups -OCH3 is 2. The molecule has 0 heterocycles. The molecule has 0 aliphatic heterocycles. The zero-order chi connectivity index (χ0) is 16.3. The van der Waals surface area contributed by atoms with Crippen LogP contribution < -0.4 is 14.2 Å². The maximum atomic E-state index is 12.1. The van der Waals surface area contributed by atoms with Gasteiger partial charge in [-0.1, -0.05) is 0 Å². The number of hydrogen-bond acceptors (Lipinski definition) is 6. The summed E-state index contributed by atoms with van der Waals surface area (Å²) in [6.45, 7) is 0.308. The number of benzene rings is 1. The summed E-state index contributed by atoms with van der Waals surface area (Å²) in [4.78, 5) is 10.6. The van der Waals surface area contributed by atoms with Crippen molar-refractivity contribution in [2.45, 2.75) is 17.4 Å². The number of sulfonamides is 1. The zero-order valence-corrected chi connectivity index (χ0v) is 12.6. The molecule has 1 unspecified atom stereocenters. The minimum absolute atomic E-state index is 0.0387. The normalized spacial score (nSPS) is 14.3. The van der Waals surface area contributed by atoms with E-state index in [1.807, 2.05) is 4.72 Å². The number of carboxylic acid groups (broad SMARTS) is 1. The van der Waals surface area contributed by atoms with E-state index in [9.17, 15) is 18.3 Å². The van der Waals surface area contributed by atoms with E-state index in [2.05, 4.69) is 0 Å². The Balaban J connectivity index is 3.06. The highest BCUT2D eigenvalue weighted by Gasteiger charge is 2.32. The molecule has 0 aromatic heterocycles. The molecule has 1 aromatic rings. The van der Waals surface area contributed by atoms with E-state index >= 15 is 0 Å². The lowest BCUT2D eigenvalue weighted by Crippen LogP contribution is -2.46. The second-order valence-corrected chi connectivity index (χ2v) is 6.16. The standard InChI is InChI=1S/C12H17NO7S/c1-12(16,11(14)15)7-13-21(17,18)10-5-4-8(19-2)6-9(10)20-3/h4-6,13,16H,7H2,1-3H3,(H,14,15). The van der Waals surface area contributed by atoms with Crippen LogP contribution in [0.2, 0.25) is 0 Å². The highest BCUT2D eigenvalue weighted by atomic mass is 32.2. The summed E-state index contributed by atoms with van der Waals surface area (Å²) in [5.41, 5.74) is -2.22. The van der Waals surface area contributed by atoms with Crippen LogP contribution in [-0.2, 0) is 14.8 Å². The van der Waals surface area contributed by atoms with Gasteiger partial charge in [0.25, 0.3) is 0 Å². The van der Waals surface area contributed by atoms with Gasteiger partial charge in [-0.2, -0.15) is 0 Å². The number of aliphatic carboxylic acids is 1. The Kier molecular flexibility index (Phi) is 5.15. The molecule has 0 saturated heterocycles. The Labute approximate surface area is 122 Å². The summed E-state index contributed by atoms with van der Waals surface area (Å²) in [5.74, 6) is -1.09. The number of carbonyl (C=O) groups is 1. The number of nitrogens with one attached hydrogen (secondary N) is 1. The number of aliphatic hydroxyl groups is 1. The molecule has 9 heteroatoms. The van der Waals surface area contributed by atoms with Crippen LogP contribution in [0.4, 0.5) is 0 Å². The van der Waals surface area contributed by atoms with Gasteiger partial charge in [0, 0.05) is 6.07 Å². The van der Waals surface area contributed by atoms with Crippen LogP contribution in [0.1, 0.15) is 6.92 Å². The minimum Gasteiger partial charge on any atom is -0.497 e. The molecule has 3 N–H and O–H groups in total. The predicted molar refractivity (Wildman–Crippen MR) is 73.0 cm³/mol. The van der Waals surface area contributed by atoms with Crippen molar-refractivity contribution in [2.75, 3.05) is 20.8 Å². The van der Waals surface area contributed by atoms with Gasteiger partial charge in [0.2, 0.25) is 10.0 Å². The second-order valence-electron chi connectivity index (χ2n) is 4.42. The maximum Gasteiger partial charge on any atom is 0.336 e. The lowest BCUT2D eigenvalue weighted by atomic mass is 10.1. The van der Waals surface area contributed by atoms with E-state index in [0.717, 1.165) is 6.92 Å². The van der Waals surface area contributed by atoms with E-state index in [1.165, 1.54) is 32.4 Å². The first-order valence-corrected chi connectivity index (χ1v) is 7.30. The van der Waals surface area contributed by atoms with Crippen molar-refractivity contribution in [3.63, 3.8) is 0 Å². The highest BCUT2D eigenvalue weighted by molar-refractivity contribution is 7.89. The molecule has 1 aromatic carbocycles. The monoisotopic (exact) mass is 319 g/mol. The van der Waals surface area contributed by atoms with E-state index in [0.29, 0.717) is 5.75 Å². The first kappa shape index (κ1) is 17.2. The van der Waals surface area contributed by atoms with Crippen molar-refractivity contribution in [1.82, 2.24) is 4.72 Å². The zero-order valence-electron chi connectivity index (χ0n) is 11.8. The summed E-state index contributed by atoms with van der Waals surface area (Å²) in [6.07, 6.45) is 0. The SMILES string of the molecule is COc1ccc(S(=O)(=O)NCC(C)(O)C(=O)O)c(OC)c1. The Hall–Kier alpha value is -1.84. The van der Waals surface area contributed by atoms with Crippen molar-refractivity contribution in [3.8, 4) is 11.5 Å². The first-order valence-electron chi connectivity index (χ1n) is 5.81. The van der Waals surface area contributed by atoms with E-state index in [-0.39, 0.29) is 10.6 Å². The lowest BCUT2D eigenvalue weighted by Gasteiger charge is -2.19. The third kappa shape index (κ3) is 4.06. The van der Waals surface area contributed by atoms with Gasteiger partial charge in [0.1, 0.15) is 16.4 Å². The van der Waals surface area contributed by atoms with Gasteiger partial charge in [-0.15, -0.1) is 0 Å². The van der Waals surface area contributed by atoms with E-state index in [4.69, 9.17) is 14.6 Å². The summed E-state index contributed by atoms with van der Waals surface area (Å²) in [7, 11) is -1.33. The Morgan fingerprint density at radius 3 is 2.43 bits per heavy atom. The summed E-state index contributed by atoms with van der Waals surface area (Å²) >= 11 is 0. The minimum atomic E-state index is -4.05. The number of rotatable bonds is 7. The topological polar surface area (TPSA) is 122 Å². The molecule has 0 aliphatic carbocycles. The third-order valence-electron chi connectivity index (χ3n) is 2.73. The molecule has 0 amide bonds. The molecule has 0 bridgehead atoms. The van der Waals surface area contributed by atoms with Crippen LogP contribution in [0.15, 0.2) is 23.1 Å². The van der Waals surface area contributed by atoms with Crippen molar-refractivity contribution >= 4 is 16.0 Å². The van der Waals surface area contributed by atoms with E-state index < -0.39 is 28.1 Å². The van der Waals surface area contributed by atoms with E-state index in [1.54, 1.807) is 0 Å². The van der Waals surface area contributed by atoms with Crippen LogP contribution in [0.3, 0.4) is 0 Å². The van der Waals surface area contributed by atoms with Crippen molar-refractivity contribution in [1.29, 1.82) is 0 Å². The third-order valence-corrected chi connectivity index (χ3v) is 4.17. The van der Waals surface area contributed by atoms with Crippen molar-refractivity contribution in [3.05, 3.63) is 18.2 Å². The fourth-order valence-corrected chi connectivity index (χ4v) is 2.67. The van der Waals surface area contributed by atoms with Gasteiger partial charge in [-0.3, -0.25) is 0 Å². The van der Waals surface area contributed by atoms with Crippen LogP contribution in [0.5, 0.6) is 11.5 Å².